The maximum atomic E-state index is 13.6. The predicted octanol–water partition coefficient (Wildman–Crippen LogP) is 5.44. The highest BCUT2D eigenvalue weighted by Crippen LogP contribution is 2.31. The minimum Gasteiger partial charge on any atom is -0.468 e. The van der Waals surface area contributed by atoms with Crippen LogP contribution < -0.4 is 9.62 Å². The van der Waals surface area contributed by atoms with E-state index in [9.17, 15) is 18.0 Å². The van der Waals surface area contributed by atoms with E-state index in [1.165, 1.54) is 31.4 Å². The summed E-state index contributed by atoms with van der Waals surface area (Å²) in [5.74, 6) is -1.03. The monoisotopic (exact) mass is 556 g/mol. The van der Waals surface area contributed by atoms with Crippen LogP contribution in [0.3, 0.4) is 0 Å². The van der Waals surface area contributed by atoms with E-state index in [1.54, 1.807) is 30.3 Å². The molecule has 0 radical (unpaired) electrons. The summed E-state index contributed by atoms with van der Waals surface area (Å²) >= 11 is 12.1. The van der Waals surface area contributed by atoms with E-state index in [1.807, 2.05) is 30.3 Å². The predicted molar refractivity (Wildman–Crippen MR) is 145 cm³/mol. The van der Waals surface area contributed by atoms with Crippen LogP contribution in [0.1, 0.15) is 15.9 Å². The number of benzene rings is 4. The molecule has 0 aliphatic heterocycles. The minimum atomic E-state index is -4.25. The Hall–Kier alpha value is -3.59. The molecule has 4 aromatic rings. The molecule has 1 N–H and O–H groups in total. The first-order valence-electron chi connectivity index (χ1n) is 11.1. The second-order valence-electron chi connectivity index (χ2n) is 8.07. The first kappa shape index (κ1) is 26.5. The van der Waals surface area contributed by atoms with Crippen molar-refractivity contribution < 1.29 is 22.7 Å². The molecular weight excluding hydrogens is 535 g/mol. The Morgan fingerprint density at radius 3 is 2.27 bits per heavy atom. The zero-order valence-corrected chi connectivity index (χ0v) is 22.0. The maximum Gasteiger partial charge on any atom is 0.326 e. The quantitative estimate of drug-likeness (QED) is 0.291. The Bertz CT molecular complexity index is 1560. The molecule has 0 heterocycles. The zero-order valence-electron chi connectivity index (χ0n) is 19.6. The number of nitrogens with zero attached hydrogens (tertiary/aromatic N) is 1. The summed E-state index contributed by atoms with van der Waals surface area (Å²) in [6.45, 7) is -0.215. The van der Waals surface area contributed by atoms with Gasteiger partial charge >= 0.3 is 5.97 Å². The maximum absolute atomic E-state index is 13.6. The normalized spacial score (nSPS) is 11.2. The largest absolute Gasteiger partial charge is 0.468 e. The Morgan fingerprint density at radius 2 is 1.59 bits per heavy atom. The van der Waals surface area contributed by atoms with Gasteiger partial charge in [0.2, 0.25) is 0 Å². The van der Waals surface area contributed by atoms with Gasteiger partial charge in [-0.05, 0) is 52.7 Å². The number of amides is 1. The lowest BCUT2D eigenvalue weighted by Crippen LogP contribution is -2.36. The van der Waals surface area contributed by atoms with E-state index in [4.69, 9.17) is 27.9 Å². The van der Waals surface area contributed by atoms with Gasteiger partial charge < -0.3 is 10.1 Å². The SMILES string of the molecule is COC(=O)CN(c1ccc2c(C(=O)NCc3ccccc3)cccc2c1)S(=O)(=O)c1cc(Cl)cc(Cl)c1. The van der Waals surface area contributed by atoms with Crippen molar-refractivity contribution in [2.75, 3.05) is 18.0 Å². The second kappa shape index (κ2) is 11.2. The summed E-state index contributed by atoms with van der Waals surface area (Å²) < 4.78 is 32.8. The molecule has 4 aromatic carbocycles. The number of rotatable bonds is 8. The van der Waals surface area contributed by atoms with Crippen molar-refractivity contribution in [3.05, 3.63) is 106 Å². The first-order valence-corrected chi connectivity index (χ1v) is 13.3. The number of halogens is 2. The molecule has 0 aliphatic carbocycles. The van der Waals surface area contributed by atoms with Gasteiger partial charge in [0.25, 0.3) is 15.9 Å². The smallest absolute Gasteiger partial charge is 0.326 e. The molecule has 0 spiro atoms. The number of hydrogen-bond donors (Lipinski definition) is 1. The van der Waals surface area contributed by atoms with Crippen LogP contribution in [-0.4, -0.2) is 33.9 Å². The highest BCUT2D eigenvalue weighted by molar-refractivity contribution is 7.92. The molecule has 10 heteroatoms. The highest BCUT2D eigenvalue weighted by Gasteiger charge is 2.28. The Labute approximate surface area is 224 Å². The van der Waals surface area contributed by atoms with E-state index < -0.39 is 22.5 Å². The lowest BCUT2D eigenvalue weighted by Gasteiger charge is -2.24. The van der Waals surface area contributed by atoms with Gasteiger partial charge in [-0.25, -0.2) is 8.42 Å². The number of anilines is 1. The van der Waals surface area contributed by atoms with Crippen molar-refractivity contribution in [3.63, 3.8) is 0 Å². The summed E-state index contributed by atoms with van der Waals surface area (Å²) in [4.78, 5) is 24.9. The van der Waals surface area contributed by atoms with Gasteiger partial charge in [0.15, 0.2) is 0 Å². The van der Waals surface area contributed by atoms with E-state index in [0.717, 1.165) is 9.87 Å². The van der Waals surface area contributed by atoms with E-state index >= 15 is 0 Å². The van der Waals surface area contributed by atoms with E-state index in [2.05, 4.69) is 5.32 Å². The molecule has 190 valence electrons. The van der Waals surface area contributed by atoms with Gasteiger partial charge in [0.1, 0.15) is 6.54 Å². The van der Waals surface area contributed by atoms with Crippen molar-refractivity contribution in [1.82, 2.24) is 5.32 Å². The third kappa shape index (κ3) is 6.05. The summed E-state index contributed by atoms with van der Waals surface area (Å²) in [6, 6.07) is 23.4. The van der Waals surface area contributed by atoms with Crippen molar-refractivity contribution in [3.8, 4) is 0 Å². The van der Waals surface area contributed by atoms with Crippen LogP contribution in [0, 0.1) is 0 Å². The topological polar surface area (TPSA) is 92.8 Å². The zero-order chi connectivity index (χ0) is 26.6. The summed E-state index contributed by atoms with van der Waals surface area (Å²) in [7, 11) is -3.08. The van der Waals surface area contributed by atoms with Gasteiger partial charge in [-0.15, -0.1) is 0 Å². The molecular formula is C27H22Cl2N2O5S. The molecule has 0 atom stereocenters. The van der Waals surface area contributed by atoms with E-state index in [0.29, 0.717) is 22.9 Å². The Balaban J connectivity index is 1.71. The molecule has 0 saturated carbocycles. The number of carbonyl (C=O) groups excluding carboxylic acids is 2. The number of carbonyl (C=O) groups is 2. The molecule has 0 unspecified atom stereocenters. The fraction of sp³-hybridized carbons (Fsp3) is 0.111. The van der Waals surface area contributed by atoms with Gasteiger partial charge in [0.05, 0.1) is 17.7 Å². The third-order valence-corrected chi connectivity index (χ3v) is 7.80. The number of fused-ring (bicyclic) bond motifs is 1. The van der Waals surface area contributed by atoms with Crippen molar-refractivity contribution >= 4 is 61.6 Å². The van der Waals surface area contributed by atoms with Crippen molar-refractivity contribution in [1.29, 1.82) is 0 Å². The second-order valence-corrected chi connectivity index (χ2v) is 10.8. The number of nitrogens with one attached hydrogen (secondary N) is 1. The summed E-state index contributed by atoms with van der Waals surface area (Å²) in [5, 5.41) is 4.40. The molecule has 0 saturated heterocycles. The highest BCUT2D eigenvalue weighted by atomic mass is 35.5. The summed E-state index contributed by atoms with van der Waals surface area (Å²) in [6.07, 6.45) is 0. The lowest BCUT2D eigenvalue weighted by atomic mass is 10.0. The van der Waals surface area contributed by atoms with Gasteiger partial charge in [0, 0.05) is 22.2 Å². The lowest BCUT2D eigenvalue weighted by molar-refractivity contribution is -0.138. The fourth-order valence-electron chi connectivity index (χ4n) is 3.80. The molecule has 0 fully saturated rings. The van der Waals surface area contributed by atoms with Crippen LogP contribution in [0.5, 0.6) is 0 Å². The van der Waals surface area contributed by atoms with Crippen LogP contribution >= 0.6 is 23.2 Å². The van der Waals surface area contributed by atoms with E-state index in [-0.39, 0.29) is 26.5 Å². The van der Waals surface area contributed by atoms with Gasteiger partial charge in [-0.2, -0.15) is 0 Å². The molecule has 0 aliphatic rings. The van der Waals surface area contributed by atoms with Crippen LogP contribution in [0.2, 0.25) is 10.0 Å². The Kier molecular flexibility index (Phi) is 8.02. The third-order valence-electron chi connectivity index (χ3n) is 5.62. The molecule has 0 bridgehead atoms. The average Bonchev–Trinajstić information content (AvgIpc) is 2.89. The van der Waals surface area contributed by atoms with Crippen LogP contribution in [0.4, 0.5) is 5.69 Å². The number of esters is 1. The number of methoxy groups -OCH3 is 1. The van der Waals surface area contributed by atoms with Crippen LogP contribution in [0.15, 0.2) is 89.8 Å². The standard InChI is InChI=1S/C27H22Cl2N2O5S/c1-36-26(32)17-31(37(34,35)23-14-20(28)13-21(29)15-23)22-10-11-24-19(12-22)8-5-9-25(24)27(33)30-16-18-6-3-2-4-7-18/h2-15H,16-17H2,1H3,(H,30,33). The van der Waals surface area contributed by atoms with Crippen molar-refractivity contribution in [2.24, 2.45) is 0 Å². The van der Waals surface area contributed by atoms with Gasteiger partial charge in [-0.3, -0.25) is 13.9 Å². The molecule has 1 amide bonds. The average molecular weight is 557 g/mol. The van der Waals surface area contributed by atoms with Crippen molar-refractivity contribution in [2.45, 2.75) is 11.4 Å². The van der Waals surface area contributed by atoms with Gasteiger partial charge in [-0.1, -0.05) is 71.7 Å². The van der Waals surface area contributed by atoms with Crippen LogP contribution in [-0.2, 0) is 26.1 Å². The molecule has 7 nitrogen and oxygen atoms in total. The minimum absolute atomic E-state index is 0.133. The fourth-order valence-corrected chi connectivity index (χ4v) is 5.93. The number of ether oxygens (including phenoxy) is 1. The number of sulfonamides is 1. The first-order chi connectivity index (χ1) is 17.7. The Morgan fingerprint density at radius 1 is 0.892 bits per heavy atom. The van der Waals surface area contributed by atoms with Crippen LogP contribution in [0.25, 0.3) is 10.8 Å². The molecule has 4 rings (SSSR count). The molecule has 37 heavy (non-hydrogen) atoms. The summed E-state index contributed by atoms with van der Waals surface area (Å²) in [5.41, 5.74) is 1.60. The molecule has 0 aromatic heterocycles. The number of hydrogen-bond acceptors (Lipinski definition) is 5.